The summed E-state index contributed by atoms with van der Waals surface area (Å²) in [6.45, 7) is 0. The summed E-state index contributed by atoms with van der Waals surface area (Å²) in [5.74, 6) is 5.47. The molecule has 2 rings (SSSR count). The number of thioether (sulfide) groups is 1. The average molecular weight is 274 g/mol. The number of amides is 1. The number of rotatable bonds is 4. The van der Waals surface area contributed by atoms with Gasteiger partial charge in [-0.1, -0.05) is 30.0 Å². The summed E-state index contributed by atoms with van der Waals surface area (Å²) >= 11 is 1.49. The molecule has 0 unspecified atom stereocenters. The maximum absolute atomic E-state index is 11.6. The maximum atomic E-state index is 11.6. The number of carbonyl (C=O) groups is 1. The highest BCUT2D eigenvalue weighted by Crippen LogP contribution is 2.26. The van der Waals surface area contributed by atoms with Gasteiger partial charge in [-0.3, -0.25) is 10.2 Å². The van der Waals surface area contributed by atoms with Gasteiger partial charge in [0.25, 0.3) is 5.91 Å². The predicted molar refractivity (Wildman–Crippen MR) is 76.3 cm³/mol. The van der Waals surface area contributed by atoms with Gasteiger partial charge in [0.2, 0.25) is 0 Å². The molecule has 6 heteroatoms. The number of benzene rings is 1. The zero-order valence-corrected chi connectivity index (χ0v) is 11.0. The molecule has 0 spiro atoms. The lowest BCUT2D eigenvalue weighted by Crippen LogP contribution is -2.30. The molecule has 1 aromatic carbocycles. The Morgan fingerprint density at radius 1 is 1.26 bits per heavy atom. The summed E-state index contributed by atoms with van der Waals surface area (Å²) in [5.41, 5.74) is 10.1. The van der Waals surface area contributed by atoms with Crippen LogP contribution in [0.25, 0.3) is 0 Å². The lowest BCUT2D eigenvalue weighted by Gasteiger charge is -2.08. The van der Waals surface area contributed by atoms with E-state index in [0.717, 1.165) is 10.6 Å². The summed E-state index contributed by atoms with van der Waals surface area (Å²) in [6.07, 6.45) is 1.69. The molecule has 0 aliphatic carbocycles. The first-order valence-corrected chi connectivity index (χ1v) is 6.63. The Morgan fingerprint density at radius 3 is 2.79 bits per heavy atom. The smallest absolute Gasteiger partial charge is 0.265 e. The molecule has 0 fully saturated rings. The minimum absolute atomic E-state index is 0.301. The predicted octanol–water partition coefficient (Wildman–Crippen LogP) is 1.56. The third-order valence-electron chi connectivity index (χ3n) is 2.56. The van der Waals surface area contributed by atoms with Gasteiger partial charge in [0, 0.05) is 17.5 Å². The molecule has 1 amide bonds. The van der Waals surface area contributed by atoms with Gasteiger partial charge in [-0.25, -0.2) is 10.8 Å². The summed E-state index contributed by atoms with van der Waals surface area (Å²) < 4.78 is 0. The number of carbonyl (C=O) groups excluding carboxylic acids is 1. The standard InChI is InChI=1S/C13H14N4OS/c14-11-6-3-7-16-13(11)19-8-9-4-1-2-5-10(9)12(18)17-15/h1-7H,8,14-15H2,(H,17,18). The molecule has 19 heavy (non-hydrogen) atoms. The van der Waals surface area contributed by atoms with Crippen LogP contribution in [0.3, 0.4) is 0 Å². The molecule has 5 N–H and O–H groups in total. The number of hydrogen-bond acceptors (Lipinski definition) is 5. The van der Waals surface area contributed by atoms with E-state index in [-0.39, 0.29) is 5.91 Å². The molecule has 1 heterocycles. The van der Waals surface area contributed by atoms with Gasteiger partial charge in [-0.15, -0.1) is 0 Å². The first-order chi connectivity index (χ1) is 9.22. The van der Waals surface area contributed by atoms with E-state index in [0.29, 0.717) is 17.0 Å². The number of nitrogens with one attached hydrogen (secondary N) is 1. The second kappa shape index (κ2) is 6.21. The molecule has 5 nitrogen and oxygen atoms in total. The van der Waals surface area contributed by atoms with Crippen molar-refractivity contribution in [3.05, 3.63) is 53.7 Å². The molecule has 1 aromatic heterocycles. The Balaban J connectivity index is 2.16. The zero-order chi connectivity index (χ0) is 13.7. The van der Waals surface area contributed by atoms with Crippen LogP contribution in [-0.4, -0.2) is 10.9 Å². The molecule has 0 aliphatic heterocycles. The van der Waals surface area contributed by atoms with Crippen molar-refractivity contribution in [1.82, 2.24) is 10.4 Å². The molecular weight excluding hydrogens is 260 g/mol. The van der Waals surface area contributed by atoms with Crippen LogP contribution in [-0.2, 0) is 5.75 Å². The summed E-state index contributed by atoms with van der Waals surface area (Å²) in [5, 5.41) is 0.755. The Morgan fingerprint density at radius 2 is 2.05 bits per heavy atom. The number of hydrogen-bond donors (Lipinski definition) is 3. The van der Waals surface area contributed by atoms with Crippen LogP contribution in [0.15, 0.2) is 47.6 Å². The number of nitrogens with zero attached hydrogens (tertiary/aromatic N) is 1. The molecular formula is C13H14N4OS. The fourth-order valence-corrected chi connectivity index (χ4v) is 2.53. The number of hydrazine groups is 1. The van der Waals surface area contributed by atoms with E-state index < -0.39 is 0 Å². The van der Waals surface area contributed by atoms with E-state index in [9.17, 15) is 4.79 Å². The molecule has 98 valence electrons. The van der Waals surface area contributed by atoms with Crippen LogP contribution in [0.5, 0.6) is 0 Å². The van der Waals surface area contributed by atoms with Gasteiger partial charge >= 0.3 is 0 Å². The molecule has 0 radical (unpaired) electrons. The fraction of sp³-hybridized carbons (Fsp3) is 0.0769. The van der Waals surface area contributed by atoms with Crippen molar-refractivity contribution in [1.29, 1.82) is 0 Å². The average Bonchev–Trinajstić information content (AvgIpc) is 2.46. The van der Waals surface area contributed by atoms with Crippen molar-refractivity contribution in [2.75, 3.05) is 5.73 Å². The van der Waals surface area contributed by atoms with Crippen LogP contribution < -0.4 is 17.0 Å². The van der Waals surface area contributed by atoms with Crippen molar-refractivity contribution < 1.29 is 4.79 Å². The number of nitrogens with two attached hydrogens (primary N) is 2. The van der Waals surface area contributed by atoms with E-state index in [1.807, 2.05) is 12.1 Å². The first kappa shape index (κ1) is 13.4. The fourth-order valence-electron chi connectivity index (χ4n) is 1.62. The maximum Gasteiger partial charge on any atom is 0.265 e. The first-order valence-electron chi connectivity index (χ1n) is 5.64. The van der Waals surface area contributed by atoms with Crippen molar-refractivity contribution in [3.8, 4) is 0 Å². The monoisotopic (exact) mass is 274 g/mol. The van der Waals surface area contributed by atoms with E-state index in [4.69, 9.17) is 11.6 Å². The van der Waals surface area contributed by atoms with E-state index >= 15 is 0 Å². The van der Waals surface area contributed by atoms with Gasteiger partial charge in [0.15, 0.2) is 0 Å². The largest absolute Gasteiger partial charge is 0.397 e. The van der Waals surface area contributed by atoms with Gasteiger partial charge in [0.1, 0.15) is 5.03 Å². The lowest BCUT2D eigenvalue weighted by atomic mass is 10.1. The second-order valence-corrected chi connectivity index (χ2v) is 4.78. The topological polar surface area (TPSA) is 94.0 Å². The van der Waals surface area contributed by atoms with Crippen LogP contribution in [0.2, 0.25) is 0 Å². The van der Waals surface area contributed by atoms with Gasteiger partial charge < -0.3 is 5.73 Å². The van der Waals surface area contributed by atoms with Crippen LogP contribution in [0, 0.1) is 0 Å². The quantitative estimate of drug-likeness (QED) is 0.340. The lowest BCUT2D eigenvalue weighted by molar-refractivity contribution is 0.0953. The highest BCUT2D eigenvalue weighted by Gasteiger charge is 2.10. The highest BCUT2D eigenvalue weighted by atomic mass is 32.2. The van der Waals surface area contributed by atoms with Gasteiger partial charge in [-0.05, 0) is 23.8 Å². The normalized spacial score (nSPS) is 10.2. The third-order valence-corrected chi connectivity index (χ3v) is 3.63. The molecule has 0 aliphatic rings. The molecule has 0 bridgehead atoms. The van der Waals surface area contributed by atoms with Crippen LogP contribution in [0.1, 0.15) is 15.9 Å². The van der Waals surface area contributed by atoms with Crippen LogP contribution >= 0.6 is 11.8 Å². The molecule has 2 aromatic rings. The van der Waals surface area contributed by atoms with Gasteiger partial charge in [-0.2, -0.15) is 0 Å². The van der Waals surface area contributed by atoms with Crippen molar-refractivity contribution in [2.24, 2.45) is 5.84 Å². The van der Waals surface area contributed by atoms with E-state index in [1.165, 1.54) is 11.8 Å². The number of nitrogen functional groups attached to an aromatic ring is 2. The Labute approximate surface area is 115 Å². The minimum atomic E-state index is -0.301. The molecule has 0 saturated carbocycles. The number of pyridine rings is 1. The summed E-state index contributed by atoms with van der Waals surface area (Å²) in [7, 11) is 0. The van der Waals surface area contributed by atoms with Crippen molar-refractivity contribution in [3.63, 3.8) is 0 Å². The summed E-state index contributed by atoms with van der Waals surface area (Å²) in [6, 6.07) is 10.9. The Kier molecular flexibility index (Phi) is 4.38. The summed E-state index contributed by atoms with van der Waals surface area (Å²) in [4.78, 5) is 15.8. The number of aromatic nitrogens is 1. The molecule has 0 atom stereocenters. The highest BCUT2D eigenvalue weighted by molar-refractivity contribution is 7.98. The minimum Gasteiger partial charge on any atom is -0.397 e. The van der Waals surface area contributed by atoms with E-state index in [1.54, 1.807) is 30.5 Å². The zero-order valence-electron chi connectivity index (χ0n) is 10.2. The molecule has 0 saturated heterocycles. The number of anilines is 1. The van der Waals surface area contributed by atoms with Crippen LogP contribution in [0.4, 0.5) is 5.69 Å². The SMILES string of the molecule is NNC(=O)c1ccccc1CSc1ncccc1N. The van der Waals surface area contributed by atoms with Crippen molar-refractivity contribution in [2.45, 2.75) is 10.8 Å². The Bertz CT molecular complexity index is 588. The second-order valence-electron chi connectivity index (χ2n) is 3.82. The van der Waals surface area contributed by atoms with Gasteiger partial charge in [0.05, 0.1) is 5.69 Å². The third kappa shape index (κ3) is 3.24. The van der Waals surface area contributed by atoms with Crippen molar-refractivity contribution >= 4 is 23.4 Å². The van der Waals surface area contributed by atoms with E-state index in [2.05, 4.69) is 10.4 Å². The Hall–Kier alpha value is -2.05.